The molecule has 1 heterocycles. The quantitative estimate of drug-likeness (QED) is 0.848. The van der Waals surface area contributed by atoms with Crippen molar-refractivity contribution in [2.24, 2.45) is 0 Å². The molecule has 0 bridgehead atoms. The fourth-order valence-electron chi connectivity index (χ4n) is 2.13. The van der Waals surface area contributed by atoms with Crippen LogP contribution < -0.4 is 15.4 Å². The van der Waals surface area contributed by atoms with Gasteiger partial charge < -0.3 is 15.4 Å². The van der Waals surface area contributed by atoms with Crippen LogP contribution in [0.5, 0.6) is 5.75 Å². The molecule has 0 saturated heterocycles. The predicted octanol–water partition coefficient (Wildman–Crippen LogP) is 3.88. The molecule has 0 amide bonds. The predicted molar refractivity (Wildman–Crippen MR) is 86.9 cm³/mol. The average molecular weight is 307 g/mol. The van der Waals surface area contributed by atoms with Gasteiger partial charge >= 0.3 is 0 Å². The second kappa shape index (κ2) is 7.13. The summed E-state index contributed by atoms with van der Waals surface area (Å²) >= 11 is 6.06. The van der Waals surface area contributed by atoms with Gasteiger partial charge in [-0.25, -0.2) is 9.97 Å². The molecule has 6 heteroatoms. The maximum Gasteiger partial charge on any atom is 0.142 e. The lowest BCUT2D eigenvalue weighted by Crippen LogP contribution is -2.06. The van der Waals surface area contributed by atoms with E-state index >= 15 is 0 Å². The van der Waals surface area contributed by atoms with Crippen LogP contribution in [0, 0.1) is 0 Å². The van der Waals surface area contributed by atoms with Crippen molar-refractivity contribution in [1.29, 1.82) is 0 Å². The molecule has 0 aliphatic rings. The number of rotatable bonds is 6. The summed E-state index contributed by atoms with van der Waals surface area (Å²) in [4.78, 5) is 8.60. The number of nitrogens with one attached hydrogen (secondary N) is 2. The maximum atomic E-state index is 6.06. The second-order valence-electron chi connectivity index (χ2n) is 4.52. The highest BCUT2D eigenvalue weighted by Crippen LogP contribution is 2.32. The summed E-state index contributed by atoms with van der Waals surface area (Å²) in [5.41, 5.74) is 1.83. The van der Waals surface area contributed by atoms with Crippen LogP contribution in [0.15, 0.2) is 24.5 Å². The van der Waals surface area contributed by atoms with Crippen molar-refractivity contribution in [3.8, 4) is 5.75 Å². The lowest BCUT2D eigenvalue weighted by molar-refractivity contribution is 0.417. The van der Waals surface area contributed by atoms with E-state index in [0.717, 1.165) is 35.7 Å². The van der Waals surface area contributed by atoms with Crippen LogP contribution >= 0.6 is 11.6 Å². The Morgan fingerprint density at radius 2 is 2.00 bits per heavy atom. The first-order valence-electron chi connectivity index (χ1n) is 6.81. The van der Waals surface area contributed by atoms with E-state index in [9.17, 15) is 0 Å². The second-order valence-corrected chi connectivity index (χ2v) is 4.96. The number of anilines is 3. The van der Waals surface area contributed by atoms with E-state index in [0.29, 0.717) is 10.8 Å². The molecular formula is C15H19ClN4O. The standard InChI is InChI=1S/C15H19ClN4O/c1-4-5-11-14(17-2)18-9-19-15(11)20-12-8-10(16)6-7-13(12)21-3/h6-9H,4-5H2,1-3H3,(H2,17,18,19,20). The van der Waals surface area contributed by atoms with Crippen LogP contribution in [0.25, 0.3) is 0 Å². The summed E-state index contributed by atoms with van der Waals surface area (Å²) in [7, 11) is 3.48. The van der Waals surface area contributed by atoms with E-state index in [1.807, 2.05) is 19.2 Å². The zero-order valence-electron chi connectivity index (χ0n) is 12.4. The van der Waals surface area contributed by atoms with E-state index < -0.39 is 0 Å². The van der Waals surface area contributed by atoms with Crippen molar-refractivity contribution in [3.63, 3.8) is 0 Å². The molecule has 21 heavy (non-hydrogen) atoms. The first-order valence-corrected chi connectivity index (χ1v) is 7.19. The molecule has 112 valence electrons. The van der Waals surface area contributed by atoms with Crippen molar-refractivity contribution in [1.82, 2.24) is 9.97 Å². The minimum atomic E-state index is 0.637. The Labute approximate surface area is 129 Å². The fourth-order valence-corrected chi connectivity index (χ4v) is 2.30. The first-order chi connectivity index (χ1) is 10.2. The van der Waals surface area contributed by atoms with Gasteiger partial charge in [0.2, 0.25) is 0 Å². The monoisotopic (exact) mass is 306 g/mol. The Hall–Kier alpha value is -2.01. The highest BCUT2D eigenvalue weighted by molar-refractivity contribution is 6.31. The van der Waals surface area contributed by atoms with Gasteiger partial charge in [0, 0.05) is 17.6 Å². The summed E-state index contributed by atoms with van der Waals surface area (Å²) < 4.78 is 5.35. The molecule has 0 unspecified atom stereocenters. The van der Waals surface area contributed by atoms with Gasteiger partial charge in [-0.3, -0.25) is 0 Å². The molecule has 2 rings (SSSR count). The lowest BCUT2D eigenvalue weighted by atomic mass is 10.1. The Balaban J connectivity index is 2.41. The molecule has 2 N–H and O–H groups in total. The third-order valence-electron chi connectivity index (χ3n) is 3.10. The van der Waals surface area contributed by atoms with Crippen LogP contribution in [0.1, 0.15) is 18.9 Å². The normalized spacial score (nSPS) is 10.3. The smallest absolute Gasteiger partial charge is 0.142 e. The van der Waals surface area contributed by atoms with Gasteiger partial charge in [-0.2, -0.15) is 0 Å². The van der Waals surface area contributed by atoms with Crippen LogP contribution in [-0.4, -0.2) is 24.1 Å². The average Bonchev–Trinajstić information content (AvgIpc) is 2.49. The lowest BCUT2D eigenvalue weighted by Gasteiger charge is -2.15. The Morgan fingerprint density at radius 1 is 1.24 bits per heavy atom. The Morgan fingerprint density at radius 3 is 2.67 bits per heavy atom. The van der Waals surface area contributed by atoms with E-state index in [4.69, 9.17) is 16.3 Å². The topological polar surface area (TPSA) is 59.1 Å². The van der Waals surface area contributed by atoms with Crippen molar-refractivity contribution < 1.29 is 4.74 Å². The highest BCUT2D eigenvalue weighted by atomic mass is 35.5. The highest BCUT2D eigenvalue weighted by Gasteiger charge is 2.12. The van der Waals surface area contributed by atoms with Gasteiger partial charge in [-0.15, -0.1) is 0 Å². The van der Waals surface area contributed by atoms with Gasteiger partial charge in [-0.1, -0.05) is 24.9 Å². The van der Waals surface area contributed by atoms with Crippen molar-refractivity contribution in [2.75, 3.05) is 24.8 Å². The van der Waals surface area contributed by atoms with Gasteiger partial charge in [0.05, 0.1) is 12.8 Å². The molecule has 0 aliphatic heterocycles. The third-order valence-corrected chi connectivity index (χ3v) is 3.33. The third kappa shape index (κ3) is 3.55. The number of hydrogen-bond donors (Lipinski definition) is 2. The molecule has 0 radical (unpaired) electrons. The number of benzene rings is 1. The van der Waals surface area contributed by atoms with E-state index in [1.165, 1.54) is 6.33 Å². The zero-order valence-corrected chi connectivity index (χ0v) is 13.2. The molecule has 2 aromatic rings. The van der Waals surface area contributed by atoms with Crippen molar-refractivity contribution >= 4 is 28.9 Å². The molecule has 0 spiro atoms. The molecule has 5 nitrogen and oxygen atoms in total. The van der Waals surface area contributed by atoms with Gasteiger partial charge in [-0.05, 0) is 24.6 Å². The fraction of sp³-hybridized carbons (Fsp3) is 0.333. The largest absolute Gasteiger partial charge is 0.495 e. The molecule has 0 fully saturated rings. The number of hydrogen-bond acceptors (Lipinski definition) is 5. The van der Waals surface area contributed by atoms with Gasteiger partial charge in [0.25, 0.3) is 0 Å². The Bertz CT molecular complexity index is 619. The summed E-state index contributed by atoms with van der Waals surface area (Å²) in [6, 6.07) is 5.43. The van der Waals surface area contributed by atoms with E-state index in [-0.39, 0.29) is 0 Å². The number of methoxy groups -OCH3 is 1. The number of halogens is 1. The van der Waals surface area contributed by atoms with E-state index in [2.05, 4.69) is 27.5 Å². The molecule has 0 saturated carbocycles. The van der Waals surface area contributed by atoms with Gasteiger partial charge in [0.15, 0.2) is 0 Å². The van der Waals surface area contributed by atoms with Crippen molar-refractivity contribution in [3.05, 3.63) is 35.1 Å². The molecule has 0 atom stereocenters. The minimum absolute atomic E-state index is 0.637. The van der Waals surface area contributed by atoms with Crippen molar-refractivity contribution in [2.45, 2.75) is 19.8 Å². The zero-order chi connectivity index (χ0) is 15.2. The molecule has 1 aromatic heterocycles. The first kappa shape index (κ1) is 15.4. The van der Waals surface area contributed by atoms with Gasteiger partial charge in [0.1, 0.15) is 23.7 Å². The summed E-state index contributed by atoms with van der Waals surface area (Å²) in [5.74, 6) is 2.30. The van der Waals surface area contributed by atoms with Crippen LogP contribution in [0.3, 0.4) is 0 Å². The maximum absolute atomic E-state index is 6.06. The van der Waals surface area contributed by atoms with Crippen LogP contribution in [-0.2, 0) is 6.42 Å². The Kier molecular flexibility index (Phi) is 5.22. The minimum Gasteiger partial charge on any atom is -0.495 e. The summed E-state index contributed by atoms with van der Waals surface area (Å²) in [6.07, 6.45) is 3.41. The molecule has 1 aromatic carbocycles. The SMILES string of the molecule is CCCc1c(NC)ncnc1Nc1cc(Cl)ccc1OC. The molecular weight excluding hydrogens is 288 g/mol. The van der Waals surface area contributed by atoms with Crippen LogP contribution in [0.2, 0.25) is 5.02 Å². The summed E-state index contributed by atoms with van der Waals surface area (Å²) in [6.45, 7) is 2.12. The molecule has 0 aliphatic carbocycles. The number of ether oxygens (including phenoxy) is 1. The summed E-state index contributed by atoms with van der Waals surface area (Å²) in [5, 5.41) is 7.03. The number of aromatic nitrogens is 2. The van der Waals surface area contributed by atoms with Crippen LogP contribution in [0.4, 0.5) is 17.3 Å². The van der Waals surface area contributed by atoms with E-state index in [1.54, 1.807) is 13.2 Å². The number of nitrogens with zero attached hydrogens (tertiary/aromatic N) is 2.